The molecular formula is C14H25N3O. The van der Waals surface area contributed by atoms with Gasteiger partial charge in [-0.2, -0.15) is 4.98 Å². The van der Waals surface area contributed by atoms with Crippen LogP contribution < -0.4 is 10.2 Å². The second kappa shape index (κ2) is 5.31. The first-order valence-electron chi connectivity index (χ1n) is 6.84. The van der Waals surface area contributed by atoms with E-state index in [9.17, 15) is 0 Å². The number of nitrogens with zero attached hydrogens (tertiary/aromatic N) is 2. The number of rotatable bonds is 3. The summed E-state index contributed by atoms with van der Waals surface area (Å²) in [5, 5.41) is 3.09. The molecule has 1 N–H and O–H groups in total. The second-order valence-corrected chi connectivity index (χ2v) is 6.28. The number of anilines is 1. The molecule has 18 heavy (non-hydrogen) atoms. The minimum atomic E-state index is 0.417. The van der Waals surface area contributed by atoms with Crippen molar-refractivity contribution in [2.75, 3.05) is 25.0 Å². The lowest BCUT2D eigenvalue weighted by Crippen LogP contribution is -2.38. The molecule has 0 atom stereocenters. The molecule has 0 aromatic carbocycles. The molecule has 0 spiro atoms. The maximum Gasteiger partial charge on any atom is 0.297 e. The van der Waals surface area contributed by atoms with Gasteiger partial charge in [0.25, 0.3) is 6.01 Å². The van der Waals surface area contributed by atoms with Gasteiger partial charge in [-0.25, -0.2) is 0 Å². The van der Waals surface area contributed by atoms with Gasteiger partial charge in [0.15, 0.2) is 0 Å². The van der Waals surface area contributed by atoms with Crippen LogP contribution in [0, 0.1) is 11.3 Å². The van der Waals surface area contributed by atoms with Crippen molar-refractivity contribution in [1.29, 1.82) is 0 Å². The highest BCUT2D eigenvalue weighted by atomic mass is 16.4. The van der Waals surface area contributed by atoms with Crippen molar-refractivity contribution in [3.05, 3.63) is 12.0 Å². The van der Waals surface area contributed by atoms with E-state index in [1.165, 1.54) is 12.8 Å². The van der Waals surface area contributed by atoms with Crippen LogP contribution >= 0.6 is 0 Å². The van der Waals surface area contributed by atoms with Crippen molar-refractivity contribution in [2.45, 2.75) is 40.2 Å². The molecule has 4 nitrogen and oxygen atoms in total. The van der Waals surface area contributed by atoms with E-state index in [2.05, 4.69) is 36.0 Å². The van der Waals surface area contributed by atoms with E-state index < -0.39 is 0 Å². The van der Waals surface area contributed by atoms with Gasteiger partial charge in [-0.15, -0.1) is 0 Å². The molecule has 0 saturated carbocycles. The molecule has 4 heteroatoms. The van der Waals surface area contributed by atoms with Crippen LogP contribution in [-0.4, -0.2) is 25.1 Å². The summed E-state index contributed by atoms with van der Waals surface area (Å²) < 4.78 is 5.55. The maximum absolute atomic E-state index is 5.55. The van der Waals surface area contributed by atoms with Crippen LogP contribution in [-0.2, 0) is 6.54 Å². The first-order valence-corrected chi connectivity index (χ1v) is 6.84. The Morgan fingerprint density at radius 1 is 1.39 bits per heavy atom. The summed E-state index contributed by atoms with van der Waals surface area (Å²) in [6.45, 7) is 9.89. The molecule has 0 unspecified atom stereocenters. The highest BCUT2D eigenvalue weighted by Crippen LogP contribution is 2.35. The molecule has 0 amide bonds. The molecule has 2 rings (SSSR count). The van der Waals surface area contributed by atoms with Gasteiger partial charge in [-0.3, -0.25) is 0 Å². The molecule has 1 saturated heterocycles. The molecule has 0 bridgehead atoms. The minimum absolute atomic E-state index is 0.417. The highest BCUT2D eigenvalue weighted by molar-refractivity contribution is 5.27. The quantitative estimate of drug-likeness (QED) is 0.896. The van der Waals surface area contributed by atoms with Gasteiger partial charge in [0.2, 0.25) is 0 Å². The van der Waals surface area contributed by atoms with Crippen LogP contribution in [0.25, 0.3) is 0 Å². The normalized spacial score (nSPS) is 18.3. The van der Waals surface area contributed by atoms with Gasteiger partial charge in [0.05, 0.1) is 5.69 Å². The lowest BCUT2D eigenvalue weighted by atomic mass is 9.75. The molecule has 0 radical (unpaired) electrons. The third-order valence-electron chi connectivity index (χ3n) is 3.89. The zero-order valence-corrected chi connectivity index (χ0v) is 12.0. The van der Waals surface area contributed by atoms with Gasteiger partial charge in [-0.05, 0) is 31.2 Å². The number of aromatic nitrogens is 1. The van der Waals surface area contributed by atoms with Crippen LogP contribution in [0.2, 0.25) is 0 Å². The molecule has 0 aliphatic carbocycles. The first kappa shape index (κ1) is 13.4. The van der Waals surface area contributed by atoms with E-state index in [-0.39, 0.29) is 0 Å². The van der Waals surface area contributed by atoms with Crippen LogP contribution in [0.4, 0.5) is 6.01 Å². The largest absolute Gasteiger partial charge is 0.432 e. The molecule has 1 aliphatic rings. The van der Waals surface area contributed by atoms with Crippen molar-refractivity contribution in [2.24, 2.45) is 11.3 Å². The van der Waals surface area contributed by atoms with Gasteiger partial charge in [0.1, 0.15) is 6.26 Å². The highest BCUT2D eigenvalue weighted by Gasteiger charge is 2.30. The van der Waals surface area contributed by atoms with Crippen molar-refractivity contribution >= 4 is 6.01 Å². The van der Waals surface area contributed by atoms with E-state index in [0.717, 1.165) is 37.3 Å². The lowest BCUT2D eigenvalue weighted by molar-refractivity contribution is 0.196. The summed E-state index contributed by atoms with van der Waals surface area (Å²) in [4.78, 5) is 6.77. The predicted molar refractivity (Wildman–Crippen MR) is 73.7 cm³/mol. The van der Waals surface area contributed by atoms with Crippen molar-refractivity contribution in [3.63, 3.8) is 0 Å². The number of hydrogen-bond acceptors (Lipinski definition) is 4. The SMILES string of the molecule is CNCc1coc(N2CCC(C(C)(C)C)CC2)n1. The maximum atomic E-state index is 5.55. The van der Waals surface area contributed by atoms with Crippen molar-refractivity contribution < 1.29 is 4.42 Å². The van der Waals surface area contributed by atoms with E-state index in [1.807, 2.05) is 7.05 Å². The molecule has 1 aromatic rings. The Balaban J connectivity index is 1.92. The summed E-state index contributed by atoms with van der Waals surface area (Å²) in [7, 11) is 1.92. The van der Waals surface area contributed by atoms with Gasteiger partial charge >= 0.3 is 0 Å². The number of hydrogen-bond donors (Lipinski definition) is 1. The van der Waals surface area contributed by atoms with Crippen LogP contribution in [0.1, 0.15) is 39.3 Å². The molecule has 102 valence electrons. The third-order valence-corrected chi connectivity index (χ3v) is 3.89. The van der Waals surface area contributed by atoms with E-state index >= 15 is 0 Å². The van der Waals surface area contributed by atoms with Crippen LogP contribution in [0.5, 0.6) is 0 Å². The van der Waals surface area contributed by atoms with E-state index in [0.29, 0.717) is 5.41 Å². The average molecular weight is 251 g/mol. The molecule has 2 heterocycles. The number of nitrogens with one attached hydrogen (secondary N) is 1. The Labute approximate surface area is 110 Å². The van der Waals surface area contributed by atoms with E-state index in [4.69, 9.17) is 4.42 Å². The Kier molecular flexibility index (Phi) is 3.95. The summed E-state index contributed by atoms with van der Waals surface area (Å²) >= 11 is 0. The number of oxazole rings is 1. The fraction of sp³-hybridized carbons (Fsp3) is 0.786. The summed E-state index contributed by atoms with van der Waals surface area (Å²) in [5.74, 6) is 0.806. The van der Waals surface area contributed by atoms with Gasteiger partial charge < -0.3 is 14.6 Å². The zero-order valence-electron chi connectivity index (χ0n) is 12.0. The Morgan fingerprint density at radius 3 is 2.61 bits per heavy atom. The smallest absolute Gasteiger partial charge is 0.297 e. The average Bonchev–Trinajstić information content (AvgIpc) is 2.77. The van der Waals surface area contributed by atoms with Crippen LogP contribution in [0.15, 0.2) is 10.7 Å². The predicted octanol–water partition coefficient (Wildman–Crippen LogP) is 2.66. The third kappa shape index (κ3) is 3.05. The Bertz CT molecular complexity index is 373. The molecule has 1 aliphatic heterocycles. The summed E-state index contributed by atoms with van der Waals surface area (Å²) in [6.07, 6.45) is 4.21. The summed E-state index contributed by atoms with van der Waals surface area (Å²) in [5.41, 5.74) is 1.39. The fourth-order valence-electron chi connectivity index (χ4n) is 2.64. The monoisotopic (exact) mass is 251 g/mol. The topological polar surface area (TPSA) is 41.3 Å². The lowest BCUT2D eigenvalue weighted by Gasteiger charge is -2.38. The fourth-order valence-corrected chi connectivity index (χ4v) is 2.64. The molecular weight excluding hydrogens is 226 g/mol. The Hall–Kier alpha value is -1.03. The van der Waals surface area contributed by atoms with Crippen molar-refractivity contribution in [1.82, 2.24) is 10.3 Å². The van der Waals surface area contributed by atoms with E-state index in [1.54, 1.807) is 6.26 Å². The van der Waals surface area contributed by atoms with Gasteiger partial charge in [0, 0.05) is 19.6 Å². The zero-order chi connectivity index (χ0) is 13.2. The molecule has 1 fully saturated rings. The van der Waals surface area contributed by atoms with Crippen molar-refractivity contribution in [3.8, 4) is 0 Å². The summed E-state index contributed by atoms with van der Waals surface area (Å²) in [6, 6.07) is 0.785. The number of piperidine rings is 1. The minimum Gasteiger partial charge on any atom is -0.432 e. The standard InChI is InChI=1S/C14H25N3O/c1-14(2,3)11-5-7-17(8-6-11)13-16-12(9-15-4)10-18-13/h10-11,15H,5-9H2,1-4H3. The first-order chi connectivity index (χ1) is 8.50. The van der Waals surface area contributed by atoms with Crippen LogP contribution in [0.3, 0.4) is 0 Å². The molecule has 1 aromatic heterocycles. The Morgan fingerprint density at radius 2 is 2.06 bits per heavy atom. The second-order valence-electron chi connectivity index (χ2n) is 6.28. The van der Waals surface area contributed by atoms with Gasteiger partial charge in [-0.1, -0.05) is 20.8 Å².